The molecule has 2 aromatic heterocycles. The normalized spacial score (nSPS) is 11.9. The van der Waals surface area contributed by atoms with Gasteiger partial charge >= 0.3 is 0 Å². The molecule has 3 N–H and O–H groups in total. The van der Waals surface area contributed by atoms with E-state index in [1.54, 1.807) is 17.9 Å². The van der Waals surface area contributed by atoms with Gasteiger partial charge in [-0.2, -0.15) is 5.10 Å². The van der Waals surface area contributed by atoms with E-state index in [-0.39, 0.29) is 17.4 Å². The van der Waals surface area contributed by atoms with E-state index in [4.69, 9.17) is 5.73 Å². The molecule has 8 nitrogen and oxygen atoms in total. The summed E-state index contributed by atoms with van der Waals surface area (Å²) >= 11 is 0. The summed E-state index contributed by atoms with van der Waals surface area (Å²) in [4.78, 5) is 3.76. The van der Waals surface area contributed by atoms with Crippen LogP contribution >= 0.6 is 0 Å². The summed E-state index contributed by atoms with van der Waals surface area (Å²) in [5.41, 5.74) is 6.51. The first kappa shape index (κ1) is 13.6. The summed E-state index contributed by atoms with van der Waals surface area (Å²) in [5.74, 6) is -0.00335. The summed E-state index contributed by atoms with van der Waals surface area (Å²) in [6, 6.07) is 0. The molecule has 0 fully saturated rings. The van der Waals surface area contributed by atoms with E-state index in [9.17, 15) is 8.42 Å². The first-order chi connectivity index (χ1) is 8.90. The second kappa shape index (κ2) is 5.02. The number of hydrogen-bond acceptors (Lipinski definition) is 5. The number of aryl methyl sites for hydroxylation is 2. The molecule has 2 heterocycles. The lowest BCUT2D eigenvalue weighted by atomic mass is 10.3. The van der Waals surface area contributed by atoms with Crippen LogP contribution in [0.4, 0.5) is 5.82 Å². The van der Waals surface area contributed by atoms with Gasteiger partial charge in [-0.15, -0.1) is 0 Å². The zero-order chi connectivity index (χ0) is 14.0. The quantitative estimate of drug-likeness (QED) is 0.751. The smallest absolute Gasteiger partial charge is 0.260 e. The molecule has 0 unspecified atom stereocenters. The molecule has 0 aromatic carbocycles. The summed E-state index contributed by atoms with van der Waals surface area (Å²) in [6.07, 6.45) is 5.47. The summed E-state index contributed by atoms with van der Waals surface area (Å²) in [5, 5.41) is 4.00. The average molecular weight is 284 g/mol. The van der Waals surface area contributed by atoms with Gasteiger partial charge in [0, 0.05) is 26.8 Å². The maximum absolute atomic E-state index is 12.1. The van der Waals surface area contributed by atoms with Gasteiger partial charge in [-0.1, -0.05) is 0 Å². The number of nitrogens with one attached hydrogen (secondary N) is 1. The van der Waals surface area contributed by atoms with Crippen molar-refractivity contribution in [1.82, 2.24) is 24.1 Å². The van der Waals surface area contributed by atoms with Crippen LogP contribution < -0.4 is 10.5 Å². The van der Waals surface area contributed by atoms with Crippen LogP contribution in [0.25, 0.3) is 0 Å². The average Bonchev–Trinajstić information content (AvgIpc) is 2.86. The third-order valence-electron chi connectivity index (χ3n) is 2.63. The van der Waals surface area contributed by atoms with Gasteiger partial charge in [-0.3, -0.25) is 4.68 Å². The van der Waals surface area contributed by atoms with E-state index in [0.717, 1.165) is 5.56 Å². The number of sulfonamides is 1. The van der Waals surface area contributed by atoms with Crippen LogP contribution in [0.3, 0.4) is 0 Å². The van der Waals surface area contributed by atoms with Crippen LogP contribution in [0, 0.1) is 0 Å². The largest absolute Gasteiger partial charge is 0.381 e. The number of imidazole rings is 1. The molecule has 0 bridgehead atoms. The Morgan fingerprint density at radius 1 is 1.42 bits per heavy atom. The predicted octanol–water partition coefficient (Wildman–Crippen LogP) is -0.743. The Morgan fingerprint density at radius 3 is 2.68 bits per heavy atom. The molecule has 0 radical (unpaired) electrons. The van der Waals surface area contributed by atoms with Gasteiger partial charge in [0.2, 0.25) is 0 Å². The van der Waals surface area contributed by atoms with Crippen molar-refractivity contribution in [1.29, 1.82) is 0 Å². The molecular formula is C10H16N6O2S. The number of nitrogens with two attached hydrogens (primary N) is 1. The Kier molecular flexibility index (Phi) is 3.58. The van der Waals surface area contributed by atoms with Crippen LogP contribution in [-0.4, -0.2) is 34.3 Å². The third-order valence-corrected chi connectivity index (χ3v) is 4.22. The molecule has 19 heavy (non-hydrogen) atoms. The fourth-order valence-electron chi connectivity index (χ4n) is 1.76. The van der Waals surface area contributed by atoms with Crippen molar-refractivity contribution in [3.63, 3.8) is 0 Å². The molecule has 0 saturated carbocycles. The van der Waals surface area contributed by atoms with Crippen molar-refractivity contribution in [3.05, 3.63) is 24.3 Å². The third kappa shape index (κ3) is 2.93. The highest BCUT2D eigenvalue weighted by Gasteiger charge is 2.21. The standard InChI is InChI=1S/C10H16N6O2S/c1-15-7-12-9(11)10(15)19(17,18)14-4-3-8-5-13-16(2)6-8/h5-7,14H,3-4,11H2,1-2H3. The summed E-state index contributed by atoms with van der Waals surface area (Å²) < 4.78 is 29.7. The molecule has 0 aliphatic carbocycles. The summed E-state index contributed by atoms with van der Waals surface area (Å²) in [6.45, 7) is 0.276. The highest BCUT2D eigenvalue weighted by atomic mass is 32.2. The monoisotopic (exact) mass is 284 g/mol. The maximum Gasteiger partial charge on any atom is 0.260 e. The predicted molar refractivity (Wildman–Crippen MR) is 69.7 cm³/mol. The molecule has 2 aromatic rings. The minimum absolute atomic E-state index is 0.00335. The number of hydrogen-bond donors (Lipinski definition) is 2. The molecular weight excluding hydrogens is 268 g/mol. The SMILES string of the molecule is Cn1cc(CCNS(=O)(=O)c2c(N)ncn2C)cn1. The number of nitrogens with zero attached hydrogens (tertiary/aromatic N) is 4. The topological polar surface area (TPSA) is 108 Å². The highest BCUT2D eigenvalue weighted by molar-refractivity contribution is 7.89. The van der Waals surface area contributed by atoms with E-state index in [2.05, 4.69) is 14.8 Å². The Labute approximate surface area is 111 Å². The zero-order valence-electron chi connectivity index (χ0n) is 10.7. The van der Waals surface area contributed by atoms with Gasteiger partial charge in [0.15, 0.2) is 10.8 Å². The molecule has 2 rings (SSSR count). The Bertz CT molecular complexity index is 653. The number of nitrogen functional groups attached to an aromatic ring is 1. The lowest BCUT2D eigenvalue weighted by molar-refractivity contribution is 0.572. The number of anilines is 1. The highest BCUT2D eigenvalue weighted by Crippen LogP contribution is 2.14. The Balaban J connectivity index is 2.03. The molecule has 0 aliphatic rings. The van der Waals surface area contributed by atoms with Crippen LogP contribution in [0.1, 0.15) is 5.56 Å². The van der Waals surface area contributed by atoms with Crippen molar-refractivity contribution in [2.75, 3.05) is 12.3 Å². The lowest BCUT2D eigenvalue weighted by Gasteiger charge is -2.07. The van der Waals surface area contributed by atoms with E-state index < -0.39 is 10.0 Å². The van der Waals surface area contributed by atoms with Crippen LogP contribution in [-0.2, 0) is 30.5 Å². The molecule has 0 amide bonds. The van der Waals surface area contributed by atoms with E-state index >= 15 is 0 Å². The van der Waals surface area contributed by atoms with Crippen molar-refractivity contribution < 1.29 is 8.42 Å². The van der Waals surface area contributed by atoms with Crippen LogP contribution in [0.5, 0.6) is 0 Å². The molecule has 0 atom stereocenters. The van der Waals surface area contributed by atoms with E-state index in [1.165, 1.54) is 10.9 Å². The first-order valence-corrected chi connectivity index (χ1v) is 7.12. The first-order valence-electron chi connectivity index (χ1n) is 5.64. The van der Waals surface area contributed by atoms with Gasteiger partial charge in [0.05, 0.1) is 12.5 Å². The number of rotatable bonds is 5. The zero-order valence-corrected chi connectivity index (χ0v) is 11.6. The molecule has 0 aliphatic heterocycles. The Hall–Kier alpha value is -1.87. The van der Waals surface area contributed by atoms with Crippen molar-refractivity contribution in [2.45, 2.75) is 11.4 Å². The van der Waals surface area contributed by atoms with Crippen LogP contribution in [0.15, 0.2) is 23.7 Å². The molecule has 104 valence electrons. The van der Waals surface area contributed by atoms with E-state index in [1.807, 2.05) is 13.2 Å². The van der Waals surface area contributed by atoms with Gasteiger partial charge in [0.25, 0.3) is 10.0 Å². The fraction of sp³-hybridized carbons (Fsp3) is 0.400. The second-order valence-corrected chi connectivity index (χ2v) is 5.90. The van der Waals surface area contributed by atoms with Gasteiger partial charge in [0.1, 0.15) is 0 Å². The lowest BCUT2D eigenvalue weighted by Crippen LogP contribution is -2.28. The van der Waals surface area contributed by atoms with Gasteiger partial charge < -0.3 is 10.3 Å². The second-order valence-electron chi connectivity index (χ2n) is 4.22. The minimum Gasteiger partial charge on any atom is -0.381 e. The van der Waals surface area contributed by atoms with Crippen molar-refractivity contribution in [3.8, 4) is 0 Å². The Morgan fingerprint density at radius 2 is 2.16 bits per heavy atom. The fourth-order valence-corrected chi connectivity index (χ4v) is 3.03. The van der Waals surface area contributed by atoms with Crippen LogP contribution in [0.2, 0.25) is 0 Å². The minimum atomic E-state index is -3.64. The van der Waals surface area contributed by atoms with Gasteiger partial charge in [-0.25, -0.2) is 18.1 Å². The molecule has 0 saturated heterocycles. The summed E-state index contributed by atoms with van der Waals surface area (Å²) in [7, 11) is -0.251. The van der Waals surface area contributed by atoms with Gasteiger partial charge in [-0.05, 0) is 12.0 Å². The maximum atomic E-state index is 12.1. The number of aromatic nitrogens is 4. The molecule has 0 spiro atoms. The van der Waals surface area contributed by atoms with E-state index in [0.29, 0.717) is 6.42 Å². The van der Waals surface area contributed by atoms with Crippen molar-refractivity contribution in [2.24, 2.45) is 14.1 Å². The molecule has 9 heteroatoms. The van der Waals surface area contributed by atoms with Crippen molar-refractivity contribution >= 4 is 15.8 Å².